The van der Waals surface area contributed by atoms with Crippen LogP contribution in [0.1, 0.15) is 0 Å². The molecule has 0 spiro atoms. The van der Waals surface area contributed by atoms with Gasteiger partial charge in [0.05, 0.1) is 0 Å². The van der Waals surface area contributed by atoms with Crippen molar-refractivity contribution in [3.8, 4) is 0 Å². The number of rotatable bonds is 0. The van der Waals surface area contributed by atoms with Gasteiger partial charge in [-0.15, -0.1) is 0 Å². The molecule has 2 aromatic rings. The fourth-order valence-electron chi connectivity index (χ4n) is 1.07. The lowest BCUT2D eigenvalue weighted by atomic mass is 10.2. The highest BCUT2D eigenvalue weighted by Gasteiger charge is 1.90. The summed E-state index contributed by atoms with van der Waals surface area (Å²) in [5, 5.41) is 2.53. The van der Waals surface area contributed by atoms with Gasteiger partial charge < -0.3 is 12.4 Å². The summed E-state index contributed by atoms with van der Waals surface area (Å²) in [5.74, 6) is 0. The Morgan fingerprint density at radius 3 is 2.36 bits per heavy atom. The maximum absolute atomic E-state index is 3.04. The second-order valence-corrected chi connectivity index (χ2v) is 2.27. The molecule has 0 atom stereocenters. The molecule has 0 radical (unpaired) electrons. The van der Waals surface area contributed by atoms with Crippen molar-refractivity contribution in [2.75, 3.05) is 0 Å². The number of aromatic amines is 1. The third kappa shape index (κ3) is 1.49. The zero-order valence-electron chi connectivity index (χ0n) is 5.92. The summed E-state index contributed by atoms with van der Waals surface area (Å²) in [7, 11) is 0. The Morgan fingerprint density at radius 1 is 0.909 bits per heavy atom. The molecule has 11 heavy (non-hydrogen) atoms. The first-order valence-corrected chi connectivity index (χ1v) is 3.32. The molecule has 0 aliphatic rings. The maximum Gasteiger partial charge on any atom is 0.174 e. The molecule has 1 aromatic heterocycles. The number of H-pyrrole nitrogens is 1. The number of hydrogen-bond donors (Lipinski definition) is 0. The molecule has 1 N–H and O–H groups in total. The van der Waals surface area contributed by atoms with E-state index in [1.54, 1.807) is 0 Å². The van der Waals surface area contributed by atoms with Gasteiger partial charge in [0.15, 0.2) is 12.4 Å². The van der Waals surface area contributed by atoms with Gasteiger partial charge in [0.1, 0.15) is 0 Å². The number of nitrogens with one attached hydrogen (secondary N) is 1. The fourth-order valence-corrected chi connectivity index (χ4v) is 1.07. The number of halogens is 1. The van der Waals surface area contributed by atoms with E-state index in [9.17, 15) is 0 Å². The van der Waals surface area contributed by atoms with Crippen molar-refractivity contribution in [2.24, 2.45) is 0 Å². The number of benzene rings is 1. The maximum atomic E-state index is 3.04. The van der Waals surface area contributed by atoms with Crippen LogP contribution in [0, 0.1) is 0 Å². The number of fused-ring (bicyclic) bond motifs is 1. The van der Waals surface area contributed by atoms with Gasteiger partial charge in [-0.05, 0) is 11.5 Å². The minimum absolute atomic E-state index is 0. The molecule has 56 valence electrons. The van der Waals surface area contributed by atoms with Gasteiger partial charge in [0, 0.05) is 11.5 Å². The van der Waals surface area contributed by atoms with Crippen LogP contribution in [0.15, 0.2) is 42.7 Å². The zero-order chi connectivity index (χ0) is 6.81. The summed E-state index contributed by atoms with van der Waals surface area (Å²) in [5.41, 5.74) is 0. The topological polar surface area (TPSA) is 14.1 Å². The first kappa shape index (κ1) is 8.02. The summed E-state index contributed by atoms with van der Waals surface area (Å²) in [6.45, 7) is 0. The van der Waals surface area contributed by atoms with Gasteiger partial charge >= 0.3 is 0 Å². The van der Waals surface area contributed by atoms with E-state index in [2.05, 4.69) is 23.2 Å². The van der Waals surface area contributed by atoms with E-state index in [1.165, 1.54) is 10.8 Å². The van der Waals surface area contributed by atoms with E-state index in [4.69, 9.17) is 0 Å². The van der Waals surface area contributed by atoms with Crippen LogP contribution < -0.4 is 17.4 Å². The van der Waals surface area contributed by atoms with E-state index < -0.39 is 0 Å². The standard InChI is InChI=1S/C9H7N.ClH/c1-2-4-9-7-10-6-5-8(9)3-1;/h1-7H;1H. The van der Waals surface area contributed by atoms with Crippen molar-refractivity contribution in [3.63, 3.8) is 0 Å². The van der Waals surface area contributed by atoms with E-state index in [0.29, 0.717) is 0 Å². The van der Waals surface area contributed by atoms with Gasteiger partial charge in [0.25, 0.3) is 0 Å². The van der Waals surface area contributed by atoms with Crippen LogP contribution in [-0.4, -0.2) is 0 Å². The van der Waals surface area contributed by atoms with Crippen LogP contribution in [0.25, 0.3) is 10.8 Å². The highest BCUT2D eigenvalue weighted by Crippen LogP contribution is 2.08. The summed E-state index contributed by atoms with van der Waals surface area (Å²) in [4.78, 5) is 3.04. The van der Waals surface area contributed by atoms with Crippen molar-refractivity contribution in [2.45, 2.75) is 0 Å². The highest BCUT2D eigenvalue weighted by atomic mass is 35.5. The van der Waals surface area contributed by atoms with Crippen LogP contribution in [0.5, 0.6) is 0 Å². The van der Waals surface area contributed by atoms with Gasteiger partial charge in [-0.1, -0.05) is 18.2 Å². The van der Waals surface area contributed by atoms with Crippen molar-refractivity contribution in [1.29, 1.82) is 0 Å². The van der Waals surface area contributed by atoms with Crippen LogP contribution in [0.2, 0.25) is 0 Å². The van der Waals surface area contributed by atoms with Crippen molar-refractivity contribution >= 4 is 10.8 Å². The molecule has 0 saturated heterocycles. The van der Waals surface area contributed by atoms with Gasteiger partial charge in [-0.25, -0.2) is 4.98 Å². The lowest BCUT2D eigenvalue weighted by molar-refractivity contribution is -0.375. The molecular formula is C9H8ClN. The SMILES string of the molecule is [Cl-].c1ccc2c[nH+]ccc2c1. The molecule has 0 amide bonds. The first-order chi connectivity index (χ1) is 4.97. The highest BCUT2D eigenvalue weighted by molar-refractivity contribution is 5.80. The summed E-state index contributed by atoms with van der Waals surface area (Å²) in [6.07, 6.45) is 3.93. The van der Waals surface area contributed by atoms with Gasteiger partial charge in [-0.2, -0.15) is 0 Å². The average Bonchev–Trinajstić information content (AvgIpc) is 2.05. The molecular weight excluding hydrogens is 158 g/mol. The molecule has 2 heteroatoms. The monoisotopic (exact) mass is 165 g/mol. The van der Waals surface area contributed by atoms with Crippen molar-refractivity contribution in [1.82, 2.24) is 0 Å². The second-order valence-electron chi connectivity index (χ2n) is 2.27. The normalized spacial score (nSPS) is 9.09. The quantitative estimate of drug-likeness (QED) is 0.459. The van der Waals surface area contributed by atoms with Crippen LogP contribution in [0.3, 0.4) is 0 Å². The smallest absolute Gasteiger partial charge is 0.174 e. The molecule has 0 aliphatic heterocycles. The molecule has 1 heterocycles. The van der Waals surface area contributed by atoms with Crippen LogP contribution >= 0.6 is 0 Å². The fraction of sp³-hybridized carbons (Fsp3) is 0. The molecule has 0 bridgehead atoms. The molecule has 0 fully saturated rings. The minimum Gasteiger partial charge on any atom is -1.00 e. The summed E-state index contributed by atoms with van der Waals surface area (Å²) < 4.78 is 0. The van der Waals surface area contributed by atoms with Gasteiger partial charge in [0.2, 0.25) is 0 Å². The molecule has 1 aromatic carbocycles. The zero-order valence-corrected chi connectivity index (χ0v) is 6.68. The number of pyridine rings is 1. The van der Waals surface area contributed by atoms with E-state index in [1.807, 2.05) is 24.5 Å². The lowest BCUT2D eigenvalue weighted by Crippen LogP contribution is -3.00. The largest absolute Gasteiger partial charge is 1.00 e. The van der Waals surface area contributed by atoms with Crippen molar-refractivity contribution in [3.05, 3.63) is 42.7 Å². The third-order valence-electron chi connectivity index (χ3n) is 1.59. The predicted octanol–water partition coefficient (Wildman–Crippen LogP) is -1.34. The van der Waals surface area contributed by atoms with E-state index >= 15 is 0 Å². The summed E-state index contributed by atoms with van der Waals surface area (Å²) >= 11 is 0. The molecule has 2 rings (SSSR count). The third-order valence-corrected chi connectivity index (χ3v) is 1.59. The Labute approximate surface area is 71.5 Å². The molecule has 0 aliphatic carbocycles. The van der Waals surface area contributed by atoms with Crippen LogP contribution in [0.4, 0.5) is 0 Å². The number of aromatic nitrogens is 1. The van der Waals surface area contributed by atoms with Crippen LogP contribution in [-0.2, 0) is 0 Å². The first-order valence-electron chi connectivity index (χ1n) is 3.32. The Morgan fingerprint density at radius 2 is 1.64 bits per heavy atom. The summed E-state index contributed by atoms with van der Waals surface area (Å²) in [6, 6.07) is 10.3. The Kier molecular flexibility index (Phi) is 2.44. The Bertz CT molecular complexity index is 281. The minimum atomic E-state index is 0. The van der Waals surface area contributed by atoms with Gasteiger partial charge in [-0.3, -0.25) is 0 Å². The molecule has 1 nitrogen and oxygen atoms in total. The second kappa shape index (κ2) is 3.35. The van der Waals surface area contributed by atoms with E-state index in [-0.39, 0.29) is 12.4 Å². The lowest BCUT2D eigenvalue weighted by Gasteiger charge is -1.88. The Balaban J connectivity index is 0.000000605. The number of hydrogen-bond acceptors (Lipinski definition) is 0. The van der Waals surface area contributed by atoms with E-state index in [0.717, 1.165) is 0 Å². The molecule has 0 unspecified atom stereocenters. The Hall–Kier alpha value is -1.08. The van der Waals surface area contributed by atoms with Crippen molar-refractivity contribution < 1.29 is 17.4 Å². The predicted molar refractivity (Wildman–Crippen MR) is 40.5 cm³/mol. The molecule has 0 saturated carbocycles. The average molecular weight is 166 g/mol.